The Morgan fingerprint density at radius 2 is 1.93 bits per heavy atom. The van der Waals surface area contributed by atoms with Gasteiger partial charge < -0.3 is 10.6 Å². The van der Waals surface area contributed by atoms with Gasteiger partial charge in [-0.15, -0.1) is 0 Å². The quantitative estimate of drug-likeness (QED) is 0.473. The van der Waals surface area contributed by atoms with Gasteiger partial charge >= 0.3 is 0 Å². The Bertz CT molecular complexity index is 981. The molecule has 0 unspecified atom stereocenters. The Labute approximate surface area is 168 Å². The molecule has 8 heteroatoms. The second-order valence-electron chi connectivity index (χ2n) is 6.15. The summed E-state index contributed by atoms with van der Waals surface area (Å²) in [4.78, 5) is 24.7. The smallest absolute Gasteiger partial charge is 0.244 e. The molecule has 0 atom stereocenters. The molecule has 2 N–H and O–H groups in total. The number of halogens is 1. The van der Waals surface area contributed by atoms with Crippen molar-refractivity contribution in [1.29, 1.82) is 0 Å². The molecule has 0 saturated heterocycles. The van der Waals surface area contributed by atoms with Crippen molar-refractivity contribution in [3.05, 3.63) is 71.0 Å². The topological polar surface area (TPSA) is 84.7 Å². The summed E-state index contributed by atoms with van der Waals surface area (Å²) in [7, 11) is 0. The molecule has 2 aromatic heterocycles. The highest BCUT2D eigenvalue weighted by Crippen LogP contribution is 2.13. The fourth-order valence-corrected chi connectivity index (χ4v) is 2.61. The number of rotatable bonds is 7. The van der Waals surface area contributed by atoms with Crippen molar-refractivity contribution >= 4 is 29.4 Å². The zero-order valence-electron chi connectivity index (χ0n) is 15.7. The van der Waals surface area contributed by atoms with Crippen LogP contribution in [0.5, 0.6) is 0 Å². The van der Waals surface area contributed by atoms with E-state index in [2.05, 4.69) is 25.6 Å². The van der Waals surface area contributed by atoms with Gasteiger partial charge in [0.15, 0.2) is 0 Å². The van der Waals surface area contributed by atoms with Crippen LogP contribution in [0, 0.1) is 13.8 Å². The Hall–Kier alpha value is -3.19. The maximum atomic E-state index is 11.9. The van der Waals surface area contributed by atoms with Crippen molar-refractivity contribution in [3.63, 3.8) is 0 Å². The molecule has 0 aliphatic rings. The molecule has 0 spiro atoms. The number of carbonyl (C=O) groups is 1. The first-order valence-electron chi connectivity index (χ1n) is 8.81. The SMILES string of the molecule is Cc1ncn(-c2cc(NCCNC(=O)/C=C/c3ccc(Cl)cc3)ncn2)c1C. The standard InChI is InChI=1S/C20H21ClN6O/c1-14-15(2)27(13-26-14)19-11-18(24-12-25-19)22-9-10-23-20(28)8-5-16-3-6-17(21)7-4-16/h3-8,11-13H,9-10H2,1-2H3,(H,23,28)(H,22,24,25)/b8-5+. The van der Waals surface area contributed by atoms with Crippen LogP contribution < -0.4 is 10.6 Å². The lowest BCUT2D eigenvalue weighted by Gasteiger charge is -2.08. The lowest BCUT2D eigenvalue weighted by atomic mass is 10.2. The predicted octanol–water partition coefficient (Wildman–Crippen LogP) is 3.17. The second-order valence-corrected chi connectivity index (χ2v) is 6.59. The number of benzene rings is 1. The van der Waals surface area contributed by atoms with E-state index < -0.39 is 0 Å². The Morgan fingerprint density at radius 3 is 2.64 bits per heavy atom. The fraction of sp³-hybridized carbons (Fsp3) is 0.200. The number of aryl methyl sites for hydroxylation is 1. The third kappa shape index (κ3) is 5.17. The molecule has 2 heterocycles. The van der Waals surface area contributed by atoms with Gasteiger partial charge in [-0.05, 0) is 37.6 Å². The molecule has 0 bridgehead atoms. The van der Waals surface area contributed by atoms with Crippen molar-refractivity contribution in [2.75, 3.05) is 18.4 Å². The van der Waals surface area contributed by atoms with Crippen LogP contribution in [0.3, 0.4) is 0 Å². The third-order valence-electron chi connectivity index (χ3n) is 4.18. The molecule has 0 radical (unpaired) electrons. The molecule has 0 saturated carbocycles. The lowest BCUT2D eigenvalue weighted by Crippen LogP contribution is -2.27. The summed E-state index contributed by atoms with van der Waals surface area (Å²) in [5, 5.41) is 6.66. The van der Waals surface area contributed by atoms with Crippen molar-refractivity contribution in [1.82, 2.24) is 24.8 Å². The van der Waals surface area contributed by atoms with E-state index >= 15 is 0 Å². The minimum Gasteiger partial charge on any atom is -0.368 e. The predicted molar refractivity (Wildman–Crippen MR) is 111 cm³/mol. The molecule has 1 amide bonds. The normalized spacial score (nSPS) is 11.0. The molecular formula is C20H21ClN6O. The minimum absolute atomic E-state index is 0.162. The summed E-state index contributed by atoms with van der Waals surface area (Å²) in [5.74, 6) is 1.26. The summed E-state index contributed by atoms with van der Waals surface area (Å²) < 4.78 is 1.91. The number of imidazole rings is 1. The summed E-state index contributed by atoms with van der Waals surface area (Å²) >= 11 is 5.84. The monoisotopic (exact) mass is 396 g/mol. The van der Waals surface area contributed by atoms with Crippen LogP contribution in [0.4, 0.5) is 5.82 Å². The number of anilines is 1. The molecule has 144 valence electrons. The van der Waals surface area contributed by atoms with E-state index in [9.17, 15) is 4.79 Å². The van der Waals surface area contributed by atoms with Gasteiger partial charge in [-0.3, -0.25) is 9.36 Å². The number of carbonyl (C=O) groups excluding carboxylic acids is 1. The van der Waals surface area contributed by atoms with Crippen LogP contribution in [-0.4, -0.2) is 38.5 Å². The fourth-order valence-electron chi connectivity index (χ4n) is 2.49. The molecule has 1 aromatic carbocycles. The van der Waals surface area contributed by atoms with Crippen LogP contribution in [-0.2, 0) is 4.79 Å². The van der Waals surface area contributed by atoms with E-state index in [1.54, 1.807) is 24.5 Å². The summed E-state index contributed by atoms with van der Waals surface area (Å²) in [6.45, 7) is 4.95. The highest BCUT2D eigenvalue weighted by molar-refractivity contribution is 6.30. The molecule has 0 fully saturated rings. The molecule has 7 nitrogen and oxygen atoms in total. The molecule has 28 heavy (non-hydrogen) atoms. The van der Waals surface area contributed by atoms with Gasteiger partial charge in [-0.1, -0.05) is 23.7 Å². The Kier molecular flexibility index (Phi) is 6.39. The highest BCUT2D eigenvalue weighted by Gasteiger charge is 2.06. The van der Waals surface area contributed by atoms with E-state index in [1.807, 2.05) is 36.6 Å². The van der Waals surface area contributed by atoms with Crippen molar-refractivity contribution < 1.29 is 4.79 Å². The number of hydrogen-bond donors (Lipinski definition) is 2. The Morgan fingerprint density at radius 1 is 1.14 bits per heavy atom. The maximum absolute atomic E-state index is 11.9. The van der Waals surface area contributed by atoms with Gasteiger partial charge in [0, 0.05) is 35.9 Å². The molecule has 0 aliphatic heterocycles. The van der Waals surface area contributed by atoms with Gasteiger partial charge in [0.1, 0.15) is 24.3 Å². The van der Waals surface area contributed by atoms with E-state index in [4.69, 9.17) is 11.6 Å². The maximum Gasteiger partial charge on any atom is 0.244 e. The first kappa shape index (κ1) is 19.6. The number of nitrogens with zero attached hydrogens (tertiary/aromatic N) is 4. The third-order valence-corrected chi connectivity index (χ3v) is 4.43. The van der Waals surface area contributed by atoms with E-state index in [0.717, 1.165) is 22.8 Å². The Balaban J connectivity index is 1.47. The second kappa shape index (κ2) is 9.14. The van der Waals surface area contributed by atoms with Crippen LogP contribution in [0.25, 0.3) is 11.9 Å². The van der Waals surface area contributed by atoms with Gasteiger partial charge in [-0.2, -0.15) is 0 Å². The van der Waals surface area contributed by atoms with Crippen LogP contribution in [0.15, 0.2) is 49.1 Å². The average Bonchev–Trinajstić information content (AvgIpc) is 3.04. The molecule has 0 aliphatic carbocycles. The summed E-state index contributed by atoms with van der Waals surface area (Å²) in [5.41, 5.74) is 2.91. The summed E-state index contributed by atoms with van der Waals surface area (Å²) in [6, 6.07) is 9.11. The zero-order valence-corrected chi connectivity index (χ0v) is 16.4. The van der Waals surface area contributed by atoms with Crippen molar-refractivity contribution in [2.45, 2.75) is 13.8 Å². The van der Waals surface area contributed by atoms with Gasteiger partial charge in [0.25, 0.3) is 0 Å². The van der Waals surface area contributed by atoms with E-state index in [0.29, 0.717) is 23.9 Å². The molecule has 3 aromatic rings. The van der Waals surface area contributed by atoms with Crippen LogP contribution in [0.2, 0.25) is 5.02 Å². The minimum atomic E-state index is -0.162. The van der Waals surface area contributed by atoms with Crippen LogP contribution in [0.1, 0.15) is 17.0 Å². The van der Waals surface area contributed by atoms with Gasteiger partial charge in [0.2, 0.25) is 5.91 Å². The average molecular weight is 397 g/mol. The van der Waals surface area contributed by atoms with E-state index in [1.165, 1.54) is 12.4 Å². The number of nitrogens with one attached hydrogen (secondary N) is 2. The van der Waals surface area contributed by atoms with Crippen molar-refractivity contribution in [3.8, 4) is 5.82 Å². The molecule has 3 rings (SSSR count). The van der Waals surface area contributed by atoms with Crippen LogP contribution >= 0.6 is 11.6 Å². The van der Waals surface area contributed by atoms with Crippen molar-refractivity contribution in [2.24, 2.45) is 0 Å². The number of hydrogen-bond acceptors (Lipinski definition) is 5. The number of amides is 1. The first-order valence-corrected chi connectivity index (χ1v) is 9.19. The van der Waals surface area contributed by atoms with Gasteiger partial charge in [0.05, 0.1) is 5.69 Å². The first-order chi connectivity index (χ1) is 13.5. The molecular weight excluding hydrogens is 376 g/mol. The highest BCUT2D eigenvalue weighted by atomic mass is 35.5. The largest absolute Gasteiger partial charge is 0.368 e. The summed E-state index contributed by atoms with van der Waals surface area (Å²) in [6.07, 6.45) is 6.48. The van der Waals surface area contributed by atoms with Gasteiger partial charge in [-0.25, -0.2) is 15.0 Å². The number of aromatic nitrogens is 4. The lowest BCUT2D eigenvalue weighted by molar-refractivity contribution is -0.116. The van der Waals surface area contributed by atoms with E-state index in [-0.39, 0.29) is 5.91 Å². The zero-order chi connectivity index (χ0) is 19.9.